The number of benzene rings is 2. The Morgan fingerprint density at radius 1 is 1.21 bits per heavy atom. The van der Waals surface area contributed by atoms with E-state index < -0.39 is 0 Å². The maximum absolute atomic E-state index is 12.5. The number of nitrogens with zero attached hydrogens (tertiary/aromatic N) is 2. The van der Waals surface area contributed by atoms with Gasteiger partial charge in [0.15, 0.2) is 0 Å². The molecular weight excluding hydrogens is 394 g/mol. The second-order valence-electron chi connectivity index (χ2n) is 6.60. The lowest BCUT2D eigenvalue weighted by Gasteiger charge is -2.35. The average Bonchev–Trinajstić information content (AvgIpc) is 2.69. The largest absolute Gasteiger partial charge is 0.508 e. The standard InChI is InChI=1S/C21H20ClN3O2S/c22-15-3-6-17-18(7-9-23-19(17)13-15)24-10-11-25-20(27)8-12-28-21(25)14-1-4-16(26)5-2-14/h1-7,9,13,21,26H,8,10-12H2,(H,23,24). The molecule has 1 atom stereocenters. The van der Waals surface area contributed by atoms with E-state index in [-0.39, 0.29) is 17.0 Å². The van der Waals surface area contributed by atoms with Crippen molar-refractivity contribution in [3.8, 4) is 5.75 Å². The van der Waals surface area contributed by atoms with Gasteiger partial charge in [-0.1, -0.05) is 23.7 Å². The molecule has 0 saturated carbocycles. The lowest BCUT2D eigenvalue weighted by molar-refractivity contribution is -0.131. The lowest BCUT2D eigenvalue weighted by Crippen LogP contribution is -2.40. The van der Waals surface area contributed by atoms with Crippen molar-refractivity contribution in [3.63, 3.8) is 0 Å². The molecule has 2 aromatic carbocycles. The minimum atomic E-state index is -0.0309. The van der Waals surface area contributed by atoms with E-state index in [1.165, 1.54) is 0 Å². The van der Waals surface area contributed by atoms with Crippen LogP contribution in [0.1, 0.15) is 17.4 Å². The number of hydrogen-bond donors (Lipinski definition) is 2. The number of nitrogens with one attached hydrogen (secondary N) is 1. The number of fused-ring (bicyclic) bond motifs is 1. The maximum atomic E-state index is 12.5. The van der Waals surface area contributed by atoms with Gasteiger partial charge in [0.1, 0.15) is 11.1 Å². The molecule has 2 N–H and O–H groups in total. The molecule has 1 amide bonds. The van der Waals surface area contributed by atoms with Gasteiger partial charge in [0, 0.05) is 47.6 Å². The third-order valence-electron chi connectivity index (χ3n) is 4.75. The number of hydrogen-bond acceptors (Lipinski definition) is 5. The summed E-state index contributed by atoms with van der Waals surface area (Å²) in [6, 6.07) is 14.7. The van der Waals surface area contributed by atoms with Crippen molar-refractivity contribution >= 4 is 45.9 Å². The average molecular weight is 414 g/mol. The molecule has 0 spiro atoms. The molecule has 7 heteroatoms. The fourth-order valence-electron chi connectivity index (χ4n) is 3.37. The number of amides is 1. The van der Waals surface area contributed by atoms with Gasteiger partial charge >= 0.3 is 0 Å². The minimum Gasteiger partial charge on any atom is -0.508 e. The first-order chi connectivity index (χ1) is 13.6. The van der Waals surface area contributed by atoms with E-state index in [1.54, 1.807) is 30.1 Å². The van der Waals surface area contributed by atoms with Crippen LogP contribution in [0.15, 0.2) is 54.7 Å². The number of rotatable bonds is 5. The molecule has 4 rings (SSSR count). The molecule has 1 aliphatic heterocycles. The van der Waals surface area contributed by atoms with Gasteiger partial charge in [0.2, 0.25) is 5.91 Å². The molecule has 0 radical (unpaired) electrons. The van der Waals surface area contributed by atoms with Crippen LogP contribution in [0.3, 0.4) is 0 Å². The van der Waals surface area contributed by atoms with E-state index >= 15 is 0 Å². The first kappa shape index (κ1) is 18.9. The molecule has 3 aromatic rings. The molecule has 28 heavy (non-hydrogen) atoms. The Kier molecular flexibility index (Phi) is 5.59. The van der Waals surface area contributed by atoms with E-state index in [1.807, 2.05) is 41.3 Å². The van der Waals surface area contributed by atoms with Crippen molar-refractivity contribution in [2.75, 3.05) is 24.2 Å². The number of carbonyl (C=O) groups is 1. The highest BCUT2D eigenvalue weighted by Crippen LogP contribution is 2.37. The number of phenolic OH excluding ortho intramolecular Hbond substituents is 1. The fourth-order valence-corrected chi connectivity index (χ4v) is 4.80. The molecule has 1 aromatic heterocycles. The summed E-state index contributed by atoms with van der Waals surface area (Å²) in [5, 5.41) is 14.6. The van der Waals surface area contributed by atoms with E-state index in [0.717, 1.165) is 27.9 Å². The van der Waals surface area contributed by atoms with Crippen LogP contribution in [0.5, 0.6) is 5.75 Å². The molecule has 1 saturated heterocycles. The summed E-state index contributed by atoms with van der Waals surface area (Å²) in [4.78, 5) is 18.8. The van der Waals surface area contributed by atoms with Gasteiger partial charge in [0.25, 0.3) is 0 Å². The van der Waals surface area contributed by atoms with E-state index in [9.17, 15) is 9.90 Å². The van der Waals surface area contributed by atoms with Crippen LogP contribution in [0.2, 0.25) is 5.02 Å². The van der Waals surface area contributed by atoms with Crippen molar-refractivity contribution in [1.29, 1.82) is 0 Å². The number of phenols is 1. The molecule has 1 unspecified atom stereocenters. The second-order valence-corrected chi connectivity index (χ2v) is 8.22. The van der Waals surface area contributed by atoms with Crippen molar-refractivity contribution in [1.82, 2.24) is 9.88 Å². The van der Waals surface area contributed by atoms with Crippen LogP contribution < -0.4 is 5.32 Å². The van der Waals surface area contributed by atoms with Gasteiger partial charge in [-0.25, -0.2) is 0 Å². The second kappa shape index (κ2) is 8.29. The highest BCUT2D eigenvalue weighted by atomic mass is 35.5. The normalized spacial score (nSPS) is 17.1. The predicted octanol–water partition coefficient (Wildman–Crippen LogP) is 4.67. The van der Waals surface area contributed by atoms with Crippen LogP contribution in [-0.2, 0) is 4.79 Å². The monoisotopic (exact) mass is 413 g/mol. The van der Waals surface area contributed by atoms with Crippen molar-refractivity contribution in [3.05, 3.63) is 65.3 Å². The number of halogens is 1. The number of aromatic nitrogens is 1. The molecule has 0 aliphatic carbocycles. The summed E-state index contributed by atoms with van der Waals surface area (Å²) in [6.07, 6.45) is 2.30. The van der Waals surface area contributed by atoms with Gasteiger partial charge in [0.05, 0.1) is 5.52 Å². The molecular formula is C21H20ClN3O2S. The third-order valence-corrected chi connectivity index (χ3v) is 6.26. The number of carbonyl (C=O) groups excluding carboxylic acids is 1. The fraction of sp³-hybridized carbons (Fsp3) is 0.238. The summed E-state index contributed by atoms with van der Waals surface area (Å²) in [6.45, 7) is 1.22. The van der Waals surface area contributed by atoms with Crippen LogP contribution in [-0.4, -0.2) is 39.7 Å². The minimum absolute atomic E-state index is 0.0309. The Balaban J connectivity index is 1.48. The highest BCUT2D eigenvalue weighted by molar-refractivity contribution is 7.99. The SMILES string of the molecule is O=C1CCSC(c2ccc(O)cc2)N1CCNc1ccnc2cc(Cl)ccc12. The molecule has 1 fully saturated rings. The topological polar surface area (TPSA) is 65.5 Å². The quantitative estimate of drug-likeness (QED) is 0.636. The van der Waals surface area contributed by atoms with Crippen LogP contribution >= 0.6 is 23.4 Å². The zero-order chi connectivity index (χ0) is 19.5. The molecule has 1 aliphatic rings. The highest BCUT2D eigenvalue weighted by Gasteiger charge is 2.29. The zero-order valence-corrected chi connectivity index (χ0v) is 16.7. The summed E-state index contributed by atoms with van der Waals surface area (Å²) in [5.41, 5.74) is 2.84. The van der Waals surface area contributed by atoms with E-state index in [0.29, 0.717) is 24.5 Å². The molecule has 144 valence electrons. The van der Waals surface area contributed by atoms with Crippen molar-refractivity contribution in [2.45, 2.75) is 11.8 Å². The van der Waals surface area contributed by atoms with Crippen LogP contribution in [0.25, 0.3) is 10.9 Å². The van der Waals surface area contributed by atoms with Crippen LogP contribution in [0, 0.1) is 0 Å². The van der Waals surface area contributed by atoms with Gasteiger partial charge in [-0.3, -0.25) is 9.78 Å². The van der Waals surface area contributed by atoms with E-state index in [2.05, 4.69) is 10.3 Å². The first-order valence-electron chi connectivity index (χ1n) is 9.10. The summed E-state index contributed by atoms with van der Waals surface area (Å²) in [5.74, 6) is 1.20. The Morgan fingerprint density at radius 2 is 2.04 bits per heavy atom. The summed E-state index contributed by atoms with van der Waals surface area (Å²) >= 11 is 7.81. The Morgan fingerprint density at radius 3 is 2.86 bits per heavy atom. The zero-order valence-electron chi connectivity index (χ0n) is 15.1. The van der Waals surface area contributed by atoms with Crippen molar-refractivity contribution < 1.29 is 9.90 Å². The number of anilines is 1. The van der Waals surface area contributed by atoms with Crippen LogP contribution in [0.4, 0.5) is 5.69 Å². The summed E-state index contributed by atoms with van der Waals surface area (Å²) < 4.78 is 0. The maximum Gasteiger partial charge on any atom is 0.224 e. The lowest BCUT2D eigenvalue weighted by atomic mass is 10.1. The van der Waals surface area contributed by atoms with Gasteiger partial charge in [-0.2, -0.15) is 0 Å². The molecule has 0 bridgehead atoms. The Hall–Kier alpha value is -2.44. The number of pyridine rings is 1. The van der Waals surface area contributed by atoms with Gasteiger partial charge in [-0.05, 0) is 42.0 Å². The third kappa shape index (κ3) is 4.03. The number of aromatic hydroxyl groups is 1. The van der Waals surface area contributed by atoms with E-state index in [4.69, 9.17) is 11.6 Å². The molecule has 2 heterocycles. The smallest absolute Gasteiger partial charge is 0.224 e. The molecule has 5 nitrogen and oxygen atoms in total. The predicted molar refractivity (Wildman–Crippen MR) is 115 cm³/mol. The van der Waals surface area contributed by atoms with Gasteiger partial charge in [-0.15, -0.1) is 11.8 Å². The first-order valence-corrected chi connectivity index (χ1v) is 10.5. The summed E-state index contributed by atoms with van der Waals surface area (Å²) in [7, 11) is 0. The van der Waals surface area contributed by atoms with Crippen molar-refractivity contribution in [2.24, 2.45) is 0 Å². The Bertz CT molecular complexity index is 997. The van der Waals surface area contributed by atoms with Gasteiger partial charge < -0.3 is 15.3 Å². The number of thioether (sulfide) groups is 1. The Labute approximate surface area is 172 Å².